The maximum Gasteiger partial charge on any atom is 0.226 e. The van der Waals surface area contributed by atoms with E-state index in [0.29, 0.717) is 18.1 Å². The highest BCUT2D eigenvalue weighted by atomic mass is 32.1. The van der Waals surface area contributed by atoms with Gasteiger partial charge in [0.1, 0.15) is 0 Å². The van der Waals surface area contributed by atoms with E-state index in [-0.39, 0.29) is 18.0 Å². The Balaban J connectivity index is 1.53. The van der Waals surface area contributed by atoms with E-state index in [2.05, 4.69) is 31.2 Å². The van der Waals surface area contributed by atoms with Crippen molar-refractivity contribution in [3.8, 4) is 0 Å². The molecule has 7 heteroatoms. The van der Waals surface area contributed by atoms with E-state index in [1.165, 1.54) is 0 Å². The maximum absolute atomic E-state index is 12.5. The van der Waals surface area contributed by atoms with Crippen LogP contribution in [0.1, 0.15) is 29.9 Å². The molecule has 1 fully saturated rings. The molecule has 2 aromatic heterocycles. The number of hydrogen-bond acceptors (Lipinski definition) is 3. The SMILES string of the molecule is Cn1cccc1[C@@H]1[C@@H](c2ccccn2)NC(=S)N1CCC(=O)Nc1ccccc1. The molecule has 29 heavy (non-hydrogen) atoms. The van der Waals surface area contributed by atoms with Gasteiger partial charge in [0.05, 0.1) is 17.8 Å². The van der Waals surface area contributed by atoms with Crippen LogP contribution in [0, 0.1) is 0 Å². The van der Waals surface area contributed by atoms with Gasteiger partial charge in [0.2, 0.25) is 5.91 Å². The number of hydrogen-bond donors (Lipinski definition) is 2. The van der Waals surface area contributed by atoms with Crippen molar-refractivity contribution in [2.24, 2.45) is 7.05 Å². The van der Waals surface area contributed by atoms with Crippen molar-refractivity contribution in [3.05, 3.63) is 84.4 Å². The van der Waals surface area contributed by atoms with Crippen LogP contribution in [0.5, 0.6) is 0 Å². The quantitative estimate of drug-likeness (QED) is 0.616. The molecule has 0 aliphatic carbocycles. The van der Waals surface area contributed by atoms with Gasteiger partial charge in [-0.15, -0.1) is 0 Å². The Hall–Kier alpha value is -3.19. The number of thiocarbonyl (C=S) groups is 1. The fourth-order valence-electron chi connectivity index (χ4n) is 3.72. The van der Waals surface area contributed by atoms with Gasteiger partial charge in [-0.05, 0) is 48.6 Å². The summed E-state index contributed by atoms with van der Waals surface area (Å²) < 4.78 is 2.09. The molecule has 2 N–H and O–H groups in total. The van der Waals surface area contributed by atoms with E-state index in [1.807, 2.05) is 67.8 Å². The third kappa shape index (κ3) is 4.14. The first-order valence-electron chi connectivity index (χ1n) is 9.57. The molecule has 1 aliphatic rings. The number of benzene rings is 1. The van der Waals surface area contributed by atoms with Gasteiger partial charge in [-0.2, -0.15) is 0 Å². The van der Waals surface area contributed by atoms with Crippen molar-refractivity contribution >= 4 is 28.9 Å². The van der Waals surface area contributed by atoms with Gasteiger partial charge in [0.15, 0.2) is 5.11 Å². The predicted octanol–water partition coefficient (Wildman–Crippen LogP) is 3.42. The number of carbonyl (C=O) groups is 1. The lowest BCUT2D eigenvalue weighted by molar-refractivity contribution is -0.116. The van der Waals surface area contributed by atoms with Crippen LogP contribution in [-0.4, -0.2) is 32.0 Å². The second kappa shape index (κ2) is 8.45. The maximum atomic E-state index is 12.5. The monoisotopic (exact) mass is 405 g/mol. The molecule has 0 saturated carbocycles. The third-order valence-corrected chi connectivity index (χ3v) is 5.47. The van der Waals surface area contributed by atoms with E-state index < -0.39 is 0 Å². The first kappa shape index (κ1) is 19.1. The molecule has 148 valence electrons. The van der Waals surface area contributed by atoms with Crippen LogP contribution in [0.25, 0.3) is 0 Å². The number of amides is 1. The molecule has 4 rings (SSSR count). The van der Waals surface area contributed by atoms with Gasteiger partial charge in [0, 0.05) is 43.8 Å². The van der Waals surface area contributed by atoms with Crippen LogP contribution in [0.4, 0.5) is 5.69 Å². The Morgan fingerprint density at radius 1 is 1.14 bits per heavy atom. The molecular weight excluding hydrogens is 382 g/mol. The molecule has 1 aliphatic heterocycles. The summed E-state index contributed by atoms with van der Waals surface area (Å²) in [6, 6.07) is 19.4. The van der Waals surface area contributed by atoms with Gasteiger partial charge in [0.25, 0.3) is 0 Å². The number of anilines is 1. The summed E-state index contributed by atoms with van der Waals surface area (Å²) in [6.07, 6.45) is 4.15. The summed E-state index contributed by atoms with van der Waals surface area (Å²) in [5.41, 5.74) is 2.85. The fourth-order valence-corrected chi connectivity index (χ4v) is 4.05. The number of carbonyl (C=O) groups excluding carboxylic acids is 1. The molecule has 0 bridgehead atoms. The van der Waals surface area contributed by atoms with Crippen molar-refractivity contribution in [2.75, 3.05) is 11.9 Å². The number of pyridine rings is 1. The van der Waals surface area contributed by atoms with Crippen LogP contribution in [0.2, 0.25) is 0 Å². The van der Waals surface area contributed by atoms with E-state index in [4.69, 9.17) is 12.2 Å². The summed E-state index contributed by atoms with van der Waals surface area (Å²) in [4.78, 5) is 19.1. The van der Waals surface area contributed by atoms with Crippen LogP contribution in [-0.2, 0) is 11.8 Å². The number of nitrogens with zero attached hydrogens (tertiary/aromatic N) is 3. The number of aryl methyl sites for hydroxylation is 1. The largest absolute Gasteiger partial charge is 0.353 e. The lowest BCUT2D eigenvalue weighted by Gasteiger charge is -2.28. The zero-order valence-electron chi connectivity index (χ0n) is 16.2. The van der Waals surface area contributed by atoms with E-state index in [9.17, 15) is 4.79 Å². The van der Waals surface area contributed by atoms with Crippen molar-refractivity contribution < 1.29 is 4.79 Å². The molecule has 1 saturated heterocycles. The van der Waals surface area contributed by atoms with Gasteiger partial charge >= 0.3 is 0 Å². The van der Waals surface area contributed by atoms with Crippen molar-refractivity contribution in [1.29, 1.82) is 0 Å². The average molecular weight is 406 g/mol. The molecule has 3 heterocycles. The minimum absolute atomic E-state index is 0.0362. The first-order chi connectivity index (χ1) is 14.1. The second-order valence-electron chi connectivity index (χ2n) is 7.03. The molecule has 1 aromatic carbocycles. The van der Waals surface area contributed by atoms with Gasteiger partial charge in [-0.1, -0.05) is 24.3 Å². The highest BCUT2D eigenvalue weighted by Gasteiger charge is 2.40. The molecule has 1 amide bonds. The Labute approximate surface area is 175 Å². The summed E-state index contributed by atoms with van der Waals surface area (Å²) >= 11 is 5.64. The molecule has 0 unspecified atom stereocenters. The molecule has 0 spiro atoms. The standard InChI is InChI=1S/C22H23N5OS/c1-26-14-7-11-18(26)21-20(17-10-5-6-13-23-17)25-22(29)27(21)15-12-19(28)24-16-8-3-2-4-9-16/h2-11,13-14,20-21H,12,15H2,1H3,(H,24,28)(H,25,29)/t20-,21-/m1/s1. The van der Waals surface area contributed by atoms with Crippen LogP contribution < -0.4 is 10.6 Å². The van der Waals surface area contributed by atoms with Crippen LogP contribution >= 0.6 is 12.2 Å². The normalized spacial score (nSPS) is 18.5. The minimum Gasteiger partial charge on any atom is -0.353 e. The first-order valence-corrected chi connectivity index (χ1v) is 9.98. The van der Waals surface area contributed by atoms with Crippen molar-refractivity contribution in [2.45, 2.75) is 18.5 Å². The predicted molar refractivity (Wildman–Crippen MR) is 117 cm³/mol. The lowest BCUT2D eigenvalue weighted by Crippen LogP contribution is -2.33. The summed E-state index contributed by atoms with van der Waals surface area (Å²) in [7, 11) is 2.02. The van der Waals surface area contributed by atoms with Crippen molar-refractivity contribution in [1.82, 2.24) is 19.8 Å². The Morgan fingerprint density at radius 2 is 1.93 bits per heavy atom. The molecule has 3 aromatic rings. The Kier molecular flexibility index (Phi) is 5.57. The number of aromatic nitrogens is 2. The third-order valence-electron chi connectivity index (χ3n) is 5.12. The zero-order valence-corrected chi connectivity index (χ0v) is 17.0. The van der Waals surface area contributed by atoms with Gasteiger partial charge in [-0.25, -0.2) is 0 Å². The highest BCUT2D eigenvalue weighted by molar-refractivity contribution is 7.80. The molecule has 2 atom stereocenters. The second-order valence-corrected chi connectivity index (χ2v) is 7.41. The topological polar surface area (TPSA) is 62.2 Å². The molecular formula is C22H23N5OS. The summed E-state index contributed by atoms with van der Waals surface area (Å²) in [6.45, 7) is 0.518. The van der Waals surface area contributed by atoms with E-state index in [1.54, 1.807) is 6.20 Å². The van der Waals surface area contributed by atoms with Gasteiger partial charge in [-0.3, -0.25) is 9.78 Å². The van der Waals surface area contributed by atoms with E-state index >= 15 is 0 Å². The highest BCUT2D eigenvalue weighted by Crippen LogP contribution is 2.38. The minimum atomic E-state index is -0.0746. The molecule has 6 nitrogen and oxygen atoms in total. The van der Waals surface area contributed by atoms with Crippen LogP contribution in [0.3, 0.4) is 0 Å². The smallest absolute Gasteiger partial charge is 0.226 e. The van der Waals surface area contributed by atoms with Gasteiger partial charge < -0.3 is 20.1 Å². The van der Waals surface area contributed by atoms with Crippen LogP contribution in [0.15, 0.2) is 73.1 Å². The van der Waals surface area contributed by atoms with Crippen molar-refractivity contribution in [3.63, 3.8) is 0 Å². The van der Waals surface area contributed by atoms with E-state index in [0.717, 1.165) is 17.1 Å². The summed E-state index contributed by atoms with van der Waals surface area (Å²) in [5, 5.41) is 6.99. The Bertz CT molecular complexity index is 989. The number of nitrogens with one attached hydrogen (secondary N) is 2. The zero-order chi connectivity index (χ0) is 20.2. The number of rotatable bonds is 6. The number of para-hydroxylation sites is 1. The fraction of sp³-hybridized carbons (Fsp3) is 0.227. The Morgan fingerprint density at radius 3 is 2.62 bits per heavy atom. The molecule has 0 radical (unpaired) electrons. The summed E-state index contributed by atoms with van der Waals surface area (Å²) in [5.74, 6) is -0.0362. The average Bonchev–Trinajstić information content (AvgIpc) is 3.30. The lowest BCUT2D eigenvalue weighted by atomic mass is 10.0.